The second-order valence-corrected chi connectivity index (χ2v) is 17.2. The minimum absolute atomic E-state index is 0.0846. The zero-order valence-electron chi connectivity index (χ0n) is 36.8. The van der Waals surface area contributed by atoms with Gasteiger partial charge >= 0.3 is 11.9 Å². The molecule has 346 valence electrons. The Morgan fingerprint density at radius 3 is 1.58 bits per heavy atom. The second kappa shape index (κ2) is 37.0. The summed E-state index contributed by atoms with van der Waals surface area (Å²) in [6, 6.07) is 0. The van der Waals surface area contributed by atoms with Crippen LogP contribution in [0.2, 0.25) is 0 Å². The third-order valence-corrected chi connectivity index (χ3v) is 10.8. The lowest BCUT2D eigenvalue weighted by molar-refractivity contribution is -0.297. The first-order chi connectivity index (χ1) is 29.0. The molecule has 1 aliphatic heterocycles. The molecule has 0 aliphatic carbocycles. The van der Waals surface area contributed by atoms with Gasteiger partial charge in [-0.2, -0.15) is 8.42 Å². The molecule has 1 saturated heterocycles. The summed E-state index contributed by atoms with van der Waals surface area (Å²) in [5, 5.41) is 30.9. The first-order valence-electron chi connectivity index (χ1n) is 22.8. The summed E-state index contributed by atoms with van der Waals surface area (Å²) >= 11 is 0. The summed E-state index contributed by atoms with van der Waals surface area (Å²) in [4.78, 5) is 25.4. The number of hydrogen-bond acceptors (Lipinski definition) is 11. The number of aliphatic hydroxyl groups is 3. The fourth-order valence-electron chi connectivity index (χ4n) is 6.49. The Morgan fingerprint density at radius 1 is 0.567 bits per heavy atom. The zero-order chi connectivity index (χ0) is 44.1. The van der Waals surface area contributed by atoms with Crippen molar-refractivity contribution in [3.05, 3.63) is 60.8 Å². The van der Waals surface area contributed by atoms with E-state index >= 15 is 0 Å². The number of hydrogen-bond donors (Lipinski definition) is 4. The number of unbranched alkanes of at least 4 members (excludes halogenated alkanes) is 15. The van der Waals surface area contributed by atoms with Crippen LogP contribution in [-0.4, -0.2) is 96.0 Å². The van der Waals surface area contributed by atoms with Crippen molar-refractivity contribution in [1.29, 1.82) is 0 Å². The number of carbonyl (C=O) groups is 2. The summed E-state index contributed by atoms with van der Waals surface area (Å²) in [7, 11) is -4.61. The van der Waals surface area contributed by atoms with Gasteiger partial charge in [0.05, 0.1) is 6.61 Å². The standard InChI is InChI=1S/C47H80O12S/c1-3-5-7-9-11-13-15-17-19-20-22-24-26-28-30-32-34-36-43(49)58-40(38-57-47-46(52)45(51)44(50)41(59-47)39-60(53,54)55)37-56-42(48)35-33-31-29-27-25-23-21-18-16-14-12-10-8-6-4-2/h11,13,17-19,21-22,24,28,30,40-41,44-47,50-52H,3-10,12,14-16,20,23,25-27,29,31-39H2,1-2H3,(H,53,54,55)/b13-11+,19-17+,21-18+,24-22+,30-28+/t40-,41-,44-,45?,46?,47+/m1/s1. The van der Waals surface area contributed by atoms with Crippen molar-refractivity contribution < 1.29 is 56.8 Å². The molecule has 60 heavy (non-hydrogen) atoms. The van der Waals surface area contributed by atoms with E-state index in [1.165, 1.54) is 57.8 Å². The number of aliphatic hydroxyl groups excluding tert-OH is 3. The molecule has 0 spiro atoms. The van der Waals surface area contributed by atoms with Gasteiger partial charge in [-0.1, -0.05) is 139 Å². The maximum Gasteiger partial charge on any atom is 0.306 e. The summed E-state index contributed by atoms with van der Waals surface area (Å²) in [5.74, 6) is -2.07. The lowest BCUT2D eigenvalue weighted by Crippen LogP contribution is -2.60. The highest BCUT2D eigenvalue weighted by Gasteiger charge is 2.46. The van der Waals surface area contributed by atoms with Crippen molar-refractivity contribution in [3.8, 4) is 0 Å². The molecule has 12 nitrogen and oxygen atoms in total. The normalized spacial score (nSPS) is 20.7. The van der Waals surface area contributed by atoms with Crippen molar-refractivity contribution in [3.63, 3.8) is 0 Å². The van der Waals surface area contributed by atoms with Crippen LogP contribution in [0.1, 0.15) is 168 Å². The van der Waals surface area contributed by atoms with E-state index in [1.807, 2.05) is 12.2 Å². The van der Waals surface area contributed by atoms with Gasteiger partial charge in [0.25, 0.3) is 10.1 Å². The quantitative estimate of drug-likeness (QED) is 0.0201. The van der Waals surface area contributed by atoms with E-state index in [0.29, 0.717) is 19.3 Å². The van der Waals surface area contributed by atoms with E-state index < -0.39 is 71.2 Å². The third kappa shape index (κ3) is 31.2. The Hall–Kier alpha value is -2.65. The zero-order valence-corrected chi connectivity index (χ0v) is 37.6. The van der Waals surface area contributed by atoms with Gasteiger partial charge in [-0.15, -0.1) is 0 Å². The number of esters is 2. The van der Waals surface area contributed by atoms with Crippen LogP contribution in [0, 0.1) is 0 Å². The minimum atomic E-state index is -4.61. The topological polar surface area (TPSA) is 186 Å². The van der Waals surface area contributed by atoms with E-state index in [-0.39, 0.29) is 19.4 Å². The Balaban J connectivity index is 2.50. The molecule has 0 amide bonds. The number of ether oxygens (including phenoxy) is 4. The van der Waals surface area contributed by atoms with E-state index in [2.05, 4.69) is 62.5 Å². The van der Waals surface area contributed by atoms with Crippen LogP contribution in [0.3, 0.4) is 0 Å². The summed E-state index contributed by atoms with van der Waals surface area (Å²) in [6.45, 7) is 3.67. The van der Waals surface area contributed by atoms with Gasteiger partial charge in [0.2, 0.25) is 0 Å². The van der Waals surface area contributed by atoms with Crippen LogP contribution >= 0.6 is 0 Å². The van der Waals surface area contributed by atoms with Gasteiger partial charge in [-0.3, -0.25) is 14.1 Å². The van der Waals surface area contributed by atoms with Crippen LogP contribution in [0.4, 0.5) is 0 Å². The molecular weight excluding hydrogens is 789 g/mol. The number of rotatable bonds is 37. The van der Waals surface area contributed by atoms with Crippen LogP contribution in [0.15, 0.2) is 60.8 Å². The molecular formula is C47H80O12S. The highest BCUT2D eigenvalue weighted by atomic mass is 32.2. The minimum Gasteiger partial charge on any atom is -0.462 e. The van der Waals surface area contributed by atoms with Crippen molar-refractivity contribution >= 4 is 22.1 Å². The third-order valence-electron chi connectivity index (χ3n) is 10.1. The molecule has 0 aromatic heterocycles. The fraction of sp³-hybridized carbons (Fsp3) is 0.745. The molecule has 1 aliphatic rings. The summed E-state index contributed by atoms with van der Waals surface area (Å²) < 4.78 is 54.0. The molecule has 0 saturated carbocycles. The lowest BCUT2D eigenvalue weighted by Gasteiger charge is -2.40. The predicted molar refractivity (Wildman–Crippen MR) is 238 cm³/mol. The highest BCUT2D eigenvalue weighted by Crippen LogP contribution is 2.24. The molecule has 0 bridgehead atoms. The second-order valence-electron chi connectivity index (χ2n) is 15.7. The van der Waals surface area contributed by atoms with E-state index in [0.717, 1.165) is 64.2 Å². The largest absolute Gasteiger partial charge is 0.462 e. The van der Waals surface area contributed by atoms with Crippen molar-refractivity contribution in [2.24, 2.45) is 0 Å². The van der Waals surface area contributed by atoms with Crippen LogP contribution in [0.5, 0.6) is 0 Å². The number of carbonyl (C=O) groups excluding carboxylic acids is 2. The Labute approximate surface area is 362 Å². The molecule has 13 heteroatoms. The van der Waals surface area contributed by atoms with Gasteiger partial charge in [0.15, 0.2) is 12.4 Å². The highest BCUT2D eigenvalue weighted by molar-refractivity contribution is 7.85. The van der Waals surface area contributed by atoms with Gasteiger partial charge in [-0.05, 0) is 77.0 Å². The summed E-state index contributed by atoms with van der Waals surface area (Å²) in [5.41, 5.74) is 0. The van der Waals surface area contributed by atoms with E-state index in [4.69, 9.17) is 18.9 Å². The first kappa shape index (κ1) is 55.4. The predicted octanol–water partition coefficient (Wildman–Crippen LogP) is 9.34. The molecule has 6 atom stereocenters. The Morgan fingerprint density at radius 2 is 1.02 bits per heavy atom. The molecule has 0 aromatic rings. The number of allylic oxidation sites excluding steroid dienone is 10. The molecule has 1 fully saturated rings. The molecule has 1 heterocycles. The lowest BCUT2D eigenvalue weighted by atomic mass is 10.00. The Kier molecular flexibility index (Phi) is 34.1. The van der Waals surface area contributed by atoms with Gasteiger partial charge in [0, 0.05) is 12.8 Å². The van der Waals surface area contributed by atoms with Crippen molar-refractivity contribution in [2.45, 2.75) is 205 Å². The molecule has 2 unspecified atom stereocenters. The van der Waals surface area contributed by atoms with Crippen LogP contribution in [-0.2, 0) is 38.7 Å². The molecule has 0 aromatic carbocycles. The average Bonchev–Trinajstić information content (AvgIpc) is 3.21. The molecule has 0 radical (unpaired) electrons. The van der Waals surface area contributed by atoms with Crippen molar-refractivity contribution in [2.75, 3.05) is 19.0 Å². The maximum atomic E-state index is 12.8. The average molecular weight is 869 g/mol. The van der Waals surface area contributed by atoms with Crippen LogP contribution in [0.25, 0.3) is 0 Å². The monoisotopic (exact) mass is 869 g/mol. The van der Waals surface area contributed by atoms with Gasteiger partial charge in [-0.25, -0.2) is 0 Å². The fourth-order valence-corrected chi connectivity index (χ4v) is 7.18. The smallest absolute Gasteiger partial charge is 0.306 e. The first-order valence-corrected chi connectivity index (χ1v) is 24.5. The summed E-state index contributed by atoms with van der Waals surface area (Å²) in [6.07, 6.45) is 35.5. The maximum absolute atomic E-state index is 12.8. The van der Waals surface area contributed by atoms with Crippen LogP contribution < -0.4 is 0 Å². The van der Waals surface area contributed by atoms with E-state index in [9.17, 15) is 37.9 Å². The SMILES string of the molecule is CCCCC/C=C/C/C=C/C/C=C/C/C=C/CCCC(=O)O[C@H](COC(=O)CCCCCCC/C=C/CCCCCCCC)CO[C@H]1O[C@H](CS(=O)(=O)O)[C@@H](O)C(O)C1O. The molecule has 4 N–H and O–H groups in total. The van der Waals surface area contributed by atoms with Crippen molar-refractivity contribution in [1.82, 2.24) is 0 Å². The van der Waals surface area contributed by atoms with Gasteiger partial charge in [0.1, 0.15) is 36.8 Å². The molecule has 1 rings (SSSR count). The van der Waals surface area contributed by atoms with E-state index in [1.54, 1.807) is 0 Å². The Bertz CT molecular complexity index is 1340. The van der Waals surface area contributed by atoms with Gasteiger partial charge < -0.3 is 34.3 Å².